The van der Waals surface area contributed by atoms with E-state index in [-0.39, 0.29) is 0 Å². The fraction of sp³-hybridized carbons (Fsp3) is 0.867. The SMILES string of the molecule is C#CCC(C)N1CCC(NCCC)C(C)C1C. The van der Waals surface area contributed by atoms with Gasteiger partial charge in [-0.3, -0.25) is 4.90 Å². The molecule has 1 N–H and O–H groups in total. The van der Waals surface area contributed by atoms with Crippen molar-refractivity contribution in [2.24, 2.45) is 5.92 Å². The summed E-state index contributed by atoms with van der Waals surface area (Å²) in [5.74, 6) is 3.49. The molecule has 1 heterocycles. The molecule has 0 amide bonds. The Morgan fingerprint density at radius 1 is 1.47 bits per heavy atom. The molecule has 4 unspecified atom stereocenters. The van der Waals surface area contributed by atoms with Crippen LogP contribution in [-0.4, -0.2) is 36.1 Å². The van der Waals surface area contributed by atoms with Crippen LogP contribution in [0.5, 0.6) is 0 Å². The van der Waals surface area contributed by atoms with Crippen molar-refractivity contribution in [3.63, 3.8) is 0 Å². The third-order valence-electron chi connectivity index (χ3n) is 4.25. The van der Waals surface area contributed by atoms with Crippen molar-refractivity contribution in [2.45, 2.75) is 65.1 Å². The molecule has 98 valence electrons. The summed E-state index contributed by atoms with van der Waals surface area (Å²) in [6.45, 7) is 11.5. The fourth-order valence-corrected chi connectivity index (χ4v) is 2.92. The van der Waals surface area contributed by atoms with Crippen molar-refractivity contribution in [1.29, 1.82) is 0 Å². The van der Waals surface area contributed by atoms with Gasteiger partial charge in [-0.25, -0.2) is 0 Å². The normalized spacial score (nSPS) is 32.1. The largest absolute Gasteiger partial charge is 0.314 e. The molecule has 0 aromatic heterocycles. The van der Waals surface area contributed by atoms with E-state index in [4.69, 9.17) is 6.42 Å². The molecule has 0 radical (unpaired) electrons. The fourth-order valence-electron chi connectivity index (χ4n) is 2.92. The zero-order chi connectivity index (χ0) is 12.8. The maximum Gasteiger partial charge on any atom is 0.0240 e. The molecule has 0 aromatic rings. The van der Waals surface area contributed by atoms with Crippen LogP contribution in [0.1, 0.15) is 47.0 Å². The van der Waals surface area contributed by atoms with E-state index in [9.17, 15) is 0 Å². The number of rotatable bonds is 5. The Kier molecular flexibility index (Phi) is 6.02. The molecule has 4 atom stereocenters. The van der Waals surface area contributed by atoms with E-state index < -0.39 is 0 Å². The summed E-state index contributed by atoms with van der Waals surface area (Å²) in [4.78, 5) is 2.58. The summed E-state index contributed by atoms with van der Waals surface area (Å²) in [6.07, 6.45) is 8.75. The monoisotopic (exact) mass is 236 g/mol. The first-order valence-corrected chi connectivity index (χ1v) is 7.04. The summed E-state index contributed by atoms with van der Waals surface area (Å²) in [6, 6.07) is 1.82. The predicted octanol–water partition coefficient (Wildman–Crippen LogP) is 2.50. The minimum absolute atomic E-state index is 0.518. The number of hydrogen-bond donors (Lipinski definition) is 1. The quantitative estimate of drug-likeness (QED) is 0.738. The summed E-state index contributed by atoms with van der Waals surface area (Å²) in [7, 11) is 0. The second kappa shape index (κ2) is 7.03. The van der Waals surface area contributed by atoms with E-state index in [2.05, 4.69) is 43.8 Å². The maximum atomic E-state index is 5.42. The van der Waals surface area contributed by atoms with Crippen LogP contribution in [0.25, 0.3) is 0 Å². The second-order valence-corrected chi connectivity index (χ2v) is 5.44. The summed E-state index contributed by atoms with van der Waals surface area (Å²) in [5.41, 5.74) is 0. The van der Waals surface area contributed by atoms with Gasteiger partial charge < -0.3 is 5.32 Å². The Bertz CT molecular complexity index is 256. The van der Waals surface area contributed by atoms with E-state index in [1.807, 2.05) is 0 Å². The molecule has 2 heteroatoms. The van der Waals surface area contributed by atoms with Crippen molar-refractivity contribution >= 4 is 0 Å². The second-order valence-electron chi connectivity index (χ2n) is 5.44. The molecule has 0 aliphatic carbocycles. The van der Waals surface area contributed by atoms with E-state index in [0.717, 1.165) is 13.0 Å². The Morgan fingerprint density at radius 2 is 2.18 bits per heavy atom. The zero-order valence-electron chi connectivity index (χ0n) is 11.9. The predicted molar refractivity (Wildman–Crippen MR) is 74.9 cm³/mol. The van der Waals surface area contributed by atoms with E-state index in [0.29, 0.717) is 24.0 Å². The lowest BCUT2D eigenvalue weighted by molar-refractivity contribution is 0.0546. The highest BCUT2D eigenvalue weighted by Gasteiger charge is 2.33. The van der Waals surface area contributed by atoms with Crippen molar-refractivity contribution in [3.05, 3.63) is 0 Å². The van der Waals surface area contributed by atoms with Crippen LogP contribution in [0.15, 0.2) is 0 Å². The zero-order valence-corrected chi connectivity index (χ0v) is 11.9. The minimum atomic E-state index is 0.518. The molecule has 0 bridgehead atoms. The topological polar surface area (TPSA) is 15.3 Å². The van der Waals surface area contributed by atoms with Crippen molar-refractivity contribution < 1.29 is 0 Å². The Hall–Kier alpha value is -0.520. The van der Waals surface area contributed by atoms with Crippen LogP contribution in [0.4, 0.5) is 0 Å². The van der Waals surface area contributed by atoms with Gasteiger partial charge in [-0.05, 0) is 39.2 Å². The Labute approximate surface area is 107 Å². The summed E-state index contributed by atoms with van der Waals surface area (Å²) in [5, 5.41) is 3.68. The molecule has 0 aromatic carbocycles. The van der Waals surface area contributed by atoms with E-state index in [1.165, 1.54) is 19.4 Å². The summed E-state index contributed by atoms with van der Waals surface area (Å²) >= 11 is 0. The highest BCUT2D eigenvalue weighted by Crippen LogP contribution is 2.26. The van der Waals surface area contributed by atoms with Gasteiger partial charge in [0.1, 0.15) is 0 Å². The van der Waals surface area contributed by atoms with Crippen molar-refractivity contribution in [3.8, 4) is 12.3 Å². The van der Waals surface area contributed by atoms with E-state index in [1.54, 1.807) is 0 Å². The van der Waals surface area contributed by atoms with Gasteiger partial charge in [0.15, 0.2) is 0 Å². The molecule has 1 rings (SSSR count). The average molecular weight is 236 g/mol. The lowest BCUT2D eigenvalue weighted by atomic mass is 9.85. The number of piperidine rings is 1. The van der Waals surface area contributed by atoms with Crippen LogP contribution < -0.4 is 5.32 Å². The molecule has 1 saturated heterocycles. The van der Waals surface area contributed by atoms with E-state index >= 15 is 0 Å². The first kappa shape index (κ1) is 14.5. The standard InChI is InChI=1S/C15H28N2/c1-6-8-12(3)17-11-9-15(16-10-7-2)13(4)14(17)5/h1,12-16H,7-11H2,2-5H3. The van der Waals surface area contributed by atoms with Gasteiger partial charge in [0.25, 0.3) is 0 Å². The summed E-state index contributed by atoms with van der Waals surface area (Å²) < 4.78 is 0. The highest BCUT2D eigenvalue weighted by molar-refractivity contribution is 4.95. The molecule has 17 heavy (non-hydrogen) atoms. The van der Waals surface area contributed by atoms with Crippen LogP contribution in [-0.2, 0) is 0 Å². The average Bonchev–Trinajstić information content (AvgIpc) is 2.31. The van der Waals surface area contributed by atoms with Gasteiger partial charge in [0.05, 0.1) is 0 Å². The number of terminal acetylenes is 1. The van der Waals surface area contributed by atoms with Crippen molar-refractivity contribution in [1.82, 2.24) is 10.2 Å². The third-order valence-corrected chi connectivity index (χ3v) is 4.25. The smallest absolute Gasteiger partial charge is 0.0240 e. The molecule has 2 nitrogen and oxygen atoms in total. The lowest BCUT2D eigenvalue weighted by Crippen LogP contribution is -2.55. The minimum Gasteiger partial charge on any atom is -0.314 e. The molecule has 0 saturated carbocycles. The number of nitrogens with zero attached hydrogens (tertiary/aromatic N) is 1. The van der Waals surface area contributed by atoms with Crippen molar-refractivity contribution in [2.75, 3.05) is 13.1 Å². The van der Waals surface area contributed by atoms with Gasteiger partial charge in [-0.1, -0.05) is 13.8 Å². The molecular formula is C15H28N2. The van der Waals surface area contributed by atoms with Gasteiger partial charge >= 0.3 is 0 Å². The third kappa shape index (κ3) is 3.72. The van der Waals surface area contributed by atoms with Gasteiger partial charge in [-0.15, -0.1) is 12.3 Å². The van der Waals surface area contributed by atoms with Gasteiger partial charge in [0, 0.05) is 31.1 Å². The van der Waals surface area contributed by atoms with Gasteiger partial charge in [-0.2, -0.15) is 0 Å². The maximum absolute atomic E-state index is 5.42. The van der Waals surface area contributed by atoms with Crippen LogP contribution >= 0.6 is 0 Å². The molecule has 1 aliphatic rings. The number of nitrogens with one attached hydrogen (secondary N) is 1. The molecular weight excluding hydrogens is 208 g/mol. The van der Waals surface area contributed by atoms with Crippen LogP contribution in [0.2, 0.25) is 0 Å². The van der Waals surface area contributed by atoms with Crippen LogP contribution in [0.3, 0.4) is 0 Å². The Balaban J connectivity index is 2.53. The number of likely N-dealkylation sites (tertiary alicyclic amines) is 1. The van der Waals surface area contributed by atoms with Gasteiger partial charge in [0.2, 0.25) is 0 Å². The highest BCUT2D eigenvalue weighted by atomic mass is 15.2. The Morgan fingerprint density at radius 3 is 2.76 bits per heavy atom. The van der Waals surface area contributed by atoms with Crippen LogP contribution in [0, 0.1) is 18.3 Å². The molecule has 1 aliphatic heterocycles. The first-order chi connectivity index (χ1) is 8.11. The lowest BCUT2D eigenvalue weighted by Gasteiger charge is -2.45. The first-order valence-electron chi connectivity index (χ1n) is 7.04. The molecule has 1 fully saturated rings. The molecule has 0 spiro atoms. The number of hydrogen-bond acceptors (Lipinski definition) is 2.